The maximum atomic E-state index is 12.1. The largest absolute Gasteiger partial charge is 0.392 e. The highest BCUT2D eigenvalue weighted by atomic mass is 32.2. The number of pyridine rings is 1. The summed E-state index contributed by atoms with van der Waals surface area (Å²) in [5.41, 5.74) is 1.20. The minimum atomic E-state index is -3.63. The maximum Gasteiger partial charge on any atom is 0.241 e. The number of nitrogens with zero attached hydrogens (tertiary/aromatic N) is 1. The Kier molecular flexibility index (Phi) is 4.26. The molecule has 0 fully saturated rings. The molecule has 19 heavy (non-hydrogen) atoms. The Hall–Kier alpha value is -1.76. The van der Waals surface area contributed by atoms with Crippen molar-refractivity contribution in [3.63, 3.8) is 0 Å². The van der Waals surface area contributed by atoms with E-state index >= 15 is 0 Å². The van der Waals surface area contributed by atoms with Gasteiger partial charge in [0.25, 0.3) is 0 Å². The monoisotopic (exact) mass is 278 g/mol. The van der Waals surface area contributed by atoms with Gasteiger partial charge in [-0.2, -0.15) is 0 Å². The van der Waals surface area contributed by atoms with Crippen LogP contribution >= 0.6 is 0 Å². The molecule has 6 heteroatoms. The first-order valence-corrected chi connectivity index (χ1v) is 7.19. The van der Waals surface area contributed by atoms with Crippen LogP contribution in [-0.4, -0.2) is 18.5 Å². The minimum Gasteiger partial charge on any atom is -0.392 e. The fourth-order valence-corrected chi connectivity index (χ4v) is 2.90. The average Bonchev–Trinajstić information content (AvgIpc) is 2.46. The molecule has 0 saturated carbocycles. The number of rotatable bonds is 5. The summed E-state index contributed by atoms with van der Waals surface area (Å²) < 4.78 is 26.8. The fraction of sp³-hybridized carbons (Fsp3) is 0.154. The van der Waals surface area contributed by atoms with Gasteiger partial charge in [0.2, 0.25) is 10.0 Å². The summed E-state index contributed by atoms with van der Waals surface area (Å²) >= 11 is 0. The van der Waals surface area contributed by atoms with Crippen LogP contribution in [0.3, 0.4) is 0 Å². The second-order valence-electron chi connectivity index (χ2n) is 3.95. The molecular formula is C13H14N2O3S. The molecule has 2 rings (SSSR count). The van der Waals surface area contributed by atoms with Crippen LogP contribution in [0.4, 0.5) is 0 Å². The van der Waals surface area contributed by atoms with Crippen LogP contribution in [0.5, 0.6) is 0 Å². The van der Waals surface area contributed by atoms with Gasteiger partial charge >= 0.3 is 0 Å². The molecule has 0 saturated heterocycles. The number of aliphatic hydroxyl groups is 1. The number of nitrogens with one attached hydrogen (secondary N) is 1. The van der Waals surface area contributed by atoms with Crippen molar-refractivity contribution in [2.24, 2.45) is 0 Å². The Morgan fingerprint density at radius 1 is 1.11 bits per heavy atom. The van der Waals surface area contributed by atoms with Gasteiger partial charge in [-0.05, 0) is 29.3 Å². The van der Waals surface area contributed by atoms with Crippen molar-refractivity contribution in [3.05, 3.63) is 59.9 Å². The van der Waals surface area contributed by atoms with Gasteiger partial charge in [0, 0.05) is 18.9 Å². The molecule has 0 radical (unpaired) electrons. The smallest absolute Gasteiger partial charge is 0.241 e. The second-order valence-corrected chi connectivity index (χ2v) is 5.68. The van der Waals surface area contributed by atoms with Gasteiger partial charge in [-0.1, -0.05) is 18.2 Å². The molecule has 0 bridgehead atoms. The normalized spacial score (nSPS) is 11.4. The van der Waals surface area contributed by atoms with Crippen molar-refractivity contribution < 1.29 is 13.5 Å². The fourth-order valence-electron chi connectivity index (χ4n) is 1.65. The number of sulfonamides is 1. The molecule has 0 aliphatic rings. The van der Waals surface area contributed by atoms with E-state index in [1.165, 1.54) is 6.07 Å². The maximum absolute atomic E-state index is 12.1. The van der Waals surface area contributed by atoms with Gasteiger partial charge in [-0.3, -0.25) is 4.98 Å². The predicted octanol–water partition coefficient (Wildman–Crippen LogP) is 1.05. The molecular weight excluding hydrogens is 264 g/mol. The predicted molar refractivity (Wildman–Crippen MR) is 70.6 cm³/mol. The molecule has 0 spiro atoms. The van der Waals surface area contributed by atoms with Gasteiger partial charge in [-0.25, -0.2) is 13.1 Å². The van der Waals surface area contributed by atoms with E-state index < -0.39 is 10.0 Å². The molecule has 1 aromatic carbocycles. The Bertz CT molecular complexity index is 642. The van der Waals surface area contributed by atoms with Gasteiger partial charge in [0.15, 0.2) is 0 Å². The number of hydrogen-bond acceptors (Lipinski definition) is 4. The lowest BCUT2D eigenvalue weighted by molar-refractivity contribution is 0.278. The first kappa shape index (κ1) is 13.7. The summed E-state index contributed by atoms with van der Waals surface area (Å²) in [6.45, 7) is -0.128. The molecule has 0 unspecified atom stereocenters. The summed E-state index contributed by atoms with van der Waals surface area (Å²) in [4.78, 5) is 3.97. The third-order valence-electron chi connectivity index (χ3n) is 2.65. The third-order valence-corrected chi connectivity index (χ3v) is 4.15. The van der Waals surface area contributed by atoms with E-state index in [-0.39, 0.29) is 18.0 Å². The van der Waals surface area contributed by atoms with Crippen molar-refractivity contribution in [2.45, 2.75) is 18.0 Å². The quantitative estimate of drug-likeness (QED) is 0.857. The summed E-state index contributed by atoms with van der Waals surface area (Å²) in [5, 5.41) is 9.17. The van der Waals surface area contributed by atoms with Crippen LogP contribution in [0.25, 0.3) is 0 Å². The summed E-state index contributed by atoms with van der Waals surface area (Å²) in [6, 6.07) is 9.84. The lowest BCUT2D eigenvalue weighted by Crippen LogP contribution is -2.24. The molecule has 0 atom stereocenters. The van der Waals surface area contributed by atoms with E-state index in [1.807, 2.05) is 0 Å². The average molecular weight is 278 g/mol. The van der Waals surface area contributed by atoms with Gasteiger partial charge in [0.1, 0.15) is 0 Å². The van der Waals surface area contributed by atoms with E-state index in [2.05, 4.69) is 9.71 Å². The topological polar surface area (TPSA) is 79.3 Å². The van der Waals surface area contributed by atoms with Gasteiger partial charge in [0.05, 0.1) is 11.5 Å². The zero-order valence-electron chi connectivity index (χ0n) is 10.2. The van der Waals surface area contributed by atoms with Crippen LogP contribution in [-0.2, 0) is 23.2 Å². The van der Waals surface area contributed by atoms with Crippen LogP contribution in [0.15, 0.2) is 53.7 Å². The second kappa shape index (κ2) is 5.92. The lowest BCUT2D eigenvalue weighted by atomic mass is 10.2. The van der Waals surface area contributed by atoms with Crippen molar-refractivity contribution in [3.8, 4) is 0 Å². The molecule has 2 aromatic rings. The number of aromatic nitrogens is 1. The molecule has 1 heterocycles. The van der Waals surface area contributed by atoms with Crippen molar-refractivity contribution in [2.75, 3.05) is 0 Å². The van der Waals surface area contributed by atoms with Crippen molar-refractivity contribution in [1.29, 1.82) is 0 Å². The number of aliphatic hydroxyl groups excluding tert-OH is 1. The van der Waals surface area contributed by atoms with Crippen LogP contribution in [0.2, 0.25) is 0 Å². The Morgan fingerprint density at radius 3 is 2.47 bits per heavy atom. The molecule has 0 aliphatic heterocycles. The molecule has 100 valence electrons. The molecule has 0 amide bonds. The van der Waals surface area contributed by atoms with Crippen LogP contribution in [0.1, 0.15) is 11.1 Å². The minimum absolute atomic E-state index is 0.103. The zero-order chi connectivity index (χ0) is 13.7. The number of benzene rings is 1. The summed E-state index contributed by atoms with van der Waals surface area (Å²) in [7, 11) is -3.63. The molecule has 2 N–H and O–H groups in total. The first-order valence-electron chi connectivity index (χ1n) is 5.71. The molecule has 1 aromatic heterocycles. The van der Waals surface area contributed by atoms with E-state index in [4.69, 9.17) is 5.11 Å². The first-order chi connectivity index (χ1) is 9.13. The van der Waals surface area contributed by atoms with Gasteiger partial charge in [-0.15, -0.1) is 0 Å². The van der Waals surface area contributed by atoms with Crippen LogP contribution in [0, 0.1) is 0 Å². The van der Waals surface area contributed by atoms with E-state index in [1.54, 1.807) is 42.7 Å². The van der Waals surface area contributed by atoms with Gasteiger partial charge < -0.3 is 5.11 Å². The molecule has 0 aliphatic carbocycles. The van der Waals surface area contributed by atoms with E-state index in [0.29, 0.717) is 5.56 Å². The zero-order valence-corrected chi connectivity index (χ0v) is 11.0. The summed E-state index contributed by atoms with van der Waals surface area (Å²) in [5.74, 6) is 0. The Morgan fingerprint density at radius 2 is 1.79 bits per heavy atom. The molecule has 5 nitrogen and oxygen atoms in total. The highest BCUT2D eigenvalue weighted by Gasteiger charge is 2.17. The Balaban J connectivity index is 2.19. The van der Waals surface area contributed by atoms with Crippen molar-refractivity contribution in [1.82, 2.24) is 9.71 Å². The highest BCUT2D eigenvalue weighted by Crippen LogP contribution is 2.15. The summed E-state index contributed by atoms with van der Waals surface area (Å²) in [6.07, 6.45) is 3.20. The standard InChI is InChI=1S/C13H14N2O3S/c16-10-12-3-1-2-4-13(12)19(17,18)15-9-11-5-7-14-8-6-11/h1-8,15-16H,9-10H2. The lowest BCUT2D eigenvalue weighted by Gasteiger charge is -2.09. The van der Waals surface area contributed by atoms with E-state index in [9.17, 15) is 8.42 Å². The highest BCUT2D eigenvalue weighted by molar-refractivity contribution is 7.89. The Labute approximate surface area is 112 Å². The third kappa shape index (κ3) is 3.37. The van der Waals surface area contributed by atoms with Crippen molar-refractivity contribution >= 4 is 10.0 Å². The van der Waals surface area contributed by atoms with E-state index in [0.717, 1.165) is 5.56 Å². The SMILES string of the molecule is O=S(=O)(NCc1ccncc1)c1ccccc1CO. The van der Waals surface area contributed by atoms with Crippen LogP contribution < -0.4 is 4.72 Å². The number of hydrogen-bond donors (Lipinski definition) is 2.